The molecule has 0 bridgehead atoms. The van der Waals surface area contributed by atoms with Crippen LogP contribution >= 0.6 is 0 Å². The fourth-order valence-electron chi connectivity index (χ4n) is 2.82. The fourth-order valence-corrected chi connectivity index (χ4v) is 2.82. The van der Waals surface area contributed by atoms with Gasteiger partial charge in [-0.3, -0.25) is 4.98 Å². The highest BCUT2D eigenvalue weighted by Gasteiger charge is 2.23. The lowest BCUT2D eigenvalue weighted by molar-refractivity contribution is 0.675. The van der Waals surface area contributed by atoms with Crippen LogP contribution in [-0.4, -0.2) is 11.0 Å². The first kappa shape index (κ1) is 10.7. The standard InChI is InChI=1S/C15H18N2/c1-10-2-3-13-8-11(5-7-15(13)17-10)12-4-6-14(16)9-12/h2-3,5,7-8,12,14H,4,6,9,16H2,1H3. The molecular formula is C15H18N2. The maximum absolute atomic E-state index is 5.98. The zero-order chi connectivity index (χ0) is 11.8. The van der Waals surface area contributed by atoms with Gasteiger partial charge in [0.1, 0.15) is 0 Å². The number of aryl methyl sites for hydroxylation is 1. The van der Waals surface area contributed by atoms with Crippen molar-refractivity contribution in [3.63, 3.8) is 0 Å². The van der Waals surface area contributed by atoms with Gasteiger partial charge in [-0.1, -0.05) is 12.1 Å². The van der Waals surface area contributed by atoms with E-state index >= 15 is 0 Å². The quantitative estimate of drug-likeness (QED) is 0.811. The van der Waals surface area contributed by atoms with Crippen LogP contribution in [0.25, 0.3) is 10.9 Å². The van der Waals surface area contributed by atoms with Gasteiger partial charge in [-0.15, -0.1) is 0 Å². The molecule has 0 aliphatic heterocycles. The number of nitrogens with zero attached hydrogens (tertiary/aromatic N) is 1. The smallest absolute Gasteiger partial charge is 0.0705 e. The van der Waals surface area contributed by atoms with E-state index < -0.39 is 0 Å². The number of benzene rings is 1. The maximum atomic E-state index is 5.98. The first-order valence-corrected chi connectivity index (χ1v) is 6.35. The Balaban J connectivity index is 1.99. The third kappa shape index (κ3) is 2.05. The molecule has 1 aromatic carbocycles. The number of fused-ring (bicyclic) bond motifs is 1. The van der Waals surface area contributed by atoms with E-state index in [0.29, 0.717) is 12.0 Å². The summed E-state index contributed by atoms with van der Waals surface area (Å²) in [7, 11) is 0. The predicted octanol–water partition coefficient (Wildman–Crippen LogP) is 3.14. The van der Waals surface area contributed by atoms with Gasteiger partial charge in [-0.25, -0.2) is 0 Å². The van der Waals surface area contributed by atoms with Crippen molar-refractivity contribution in [1.82, 2.24) is 4.98 Å². The molecule has 0 amide bonds. The second kappa shape index (κ2) is 4.11. The second-order valence-electron chi connectivity index (χ2n) is 5.17. The summed E-state index contributed by atoms with van der Waals surface area (Å²) in [4.78, 5) is 4.53. The van der Waals surface area contributed by atoms with Crippen molar-refractivity contribution in [3.05, 3.63) is 41.6 Å². The van der Waals surface area contributed by atoms with Gasteiger partial charge in [-0.2, -0.15) is 0 Å². The number of rotatable bonds is 1. The summed E-state index contributed by atoms with van der Waals surface area (Å²) in [5.41, 5.74) is 9.58. The highest BCUT2D eigenvalue weighted by atomic mass is 14.7. The minimum atomic E-state index is 0.395. The van der Waals surface area contributed by atoms with Crippen molar-refractivity contribution in [2.45, 2.75) is 38.1 Å². The Bertz CT molecular complexity index is 548. The van der Waals surface area contributed by atoms with E-state index in [1.807, 2.05) is 6.92 Å². The Hall–Kier alpha value is -1.41. The molecule has 88 valence electrons. The molecule has 0 spiro atoms. The molecule has 2 N–H and O–H groups in total. The van der Waals surface area contributed by atoms with Crippen LogP contribution in [0.1, 0.15) is 36.4 Å². The van der Waals surface area contributed by atoms with E-state index in [1.54, 1.807) is 0 Å². The zero-order valence-electron chi connectivity index (χ0n) is 10.2. The molecule has 17 heavy (non-hydrogen) atoms. The summed E-state index contributed by atoms with van der Waals surface area (Å²) >= 11 is 0. The van der Waals surface area contributed by atoms with E-state index in [0.717, 1.165) is 24.1 Å². The van der Waals surface area contributed by atoms with E-state index in [2.05, 4.69) is 35.3 Å². The summed E-state index contributed by atoms with van der Waals surface area (Å²) in [6.45, 7) is 2.03. The van der Waals surface area contributed by atoms with Gasteiger partial charge in [0.2, 0.25) is 0 Å². The maximum Gasteiger partial charge on any atom is 0.0705 e. The number of nitrogens with two attached hydrogens (primary N) is 1. The van der Waals surface area contributed by atoms with Crippen LogP contribution in [0.4, 0.5) is 0 Å². The molecule has 0 saturated heterocycles. The monoisotopic (exact) mass is 226 g/mol. The third-order valence-electron chi connectivity index (χ3n) is 3.80. The lowest BCUT2D eigenvalue weighted by atomic mass is 9.96. The Morgan fingerprint density at radius 1 is 1.18 bits per heavy atom. The highest BCUT2D eigenvalue weighted by Crippen LogP contribution is 2.34. The van der Waals surface area contributed by atoms with Gasteiger partial charge in [-0.05, 0) is 55.9 Å². The van der Waals surface area contributed by atoms with Crippen LogP contribution in [0, 0.1) is 6.92 Å². The molecule has 2 nitrogen and oxygen atoms in total. The Kier molecular flexibility index (Phi) is 2.60. The van der Waals surface area contributed by atoms with Crippen LogP contribution in [0.5, 0.6) is 0 Å². The van der Waals surface area contributed by atoms with Gasteiger partial charge >= 0.3 is 0 Å². The summed E-state index contributed by atoms with van der Waals surface area (Å²) < 4.78 is 0. The SMILES string of the molecule is Cc1ccc2cc(C3CCC(N)C3)ccc2n1. The minimum absolute atomic E-state index is 0.395. The molecule has 1 heterocycles. The summed E-state index contributed by atoms with van der Waals surface area (Å²) in [6, 6.07) is 11.3. The molecule has 2 aromatic rings. The molecule has 2 heteroatoms. The fraction of sp³-hybridized carbons (Fsp3) is 0.400. The molecule has 3 rings (SSSR count). The molecule has 1 fully saturated rings. The van der Waals surface area contributed by atoms with Crippen LogP contribution < -0.4 is 5.73 Å². The second-order valence-corrected chi connectivity index (χ2v) is 5.17. The number of hydrogen-bond acceptors (Lipinski definition) is 2. The largest absolute Gasteiger partial charge is 0.328 e. The first-order chi connectivity index (χ1) is 8.22. The Labute approximate surface area is 102 Å². The Morgan fingerprint density at radius 2 is 2.06 bits per heavy atom. The van der Waals surface area contributed by atoms with E-state index in [9.17, 15) is 0 Å². The number of pyridine rings is 1. The number of hydrogen-bond donors (Lipinski definition) is 1. The summed E-state index contributed by atoms with van der Waals surface area (Å²) in [5, 5.41) is 1.24. The normalized spacial score (nSPS) is 24.4. The highest BCUT2D eigenvalue weighted by molar-refractivity contribution is 5.79. The molecular weight excluding hydrogens is 208 g/mol. The lowest BCUT2D eigenvalue weighted by Crippen LogP contribution is -2.14. The van der Waals surface area contributed by atoms with Crippen LogP contribution in [0.3, 0.4) is 0 Å². The van der Waals surface area contributed by atoms with Crippen molar-refractivity contribution in [3.8, 4) is 0 Å². The van der Waals surface area contributed by atoms with Gasteiger partial charge in [0.05, 0.1) is 5.52 Å². The molecule has 1 aromatic heterocycles. The minimum Gasteiger partial charge on any atom is -0.328 e. The van der Waals surface area contributed by atoms with Crippen molar-refractivity contribution >= 4 is 10.9 Å². The van der Waals surface area contributed by atoms with Crippen molar-refractivity contribution in [1.29, 1.82) is 0 Å². The summed E-state index contributed by atoms with van der Waals surface area (Å²) in [5.74, 6) is 0.649. The topological polar surface area (TPSA) is 38.9 Å². The molecule has 2 unspecified atom stereocenters. The average Bonchev–Trinajstić information content (AvgIpc) is 2.75. The van der Waals surface area contributed by atoms with Crippen molar-refractivity contribution in [2.24, 2.45) is 5.73 Å². The van der Waals surface area contributed by atoms with Crippen LogP contribution in [-0.2, 0) is 0 Å². The molecule has 1 aliphatic carbocycles. The van der Waals surface area contributed by atoms with Crippen molar-refractivity contribution < 1.29 is 0 Å². The molecule has 1 aliphatic rings. The average molecular weight is 226 g/mol. The van der Waals surface area contributed by atoms with Crippen LogP contribution in [0.15, 0.2) is 30.3 Å². The lowest BCUT2D eigenvalue weighted by Gasteiger charge is -2.11. The molecule has 2 atom stereocenters. The predicted molar refractivity (Wildman–Crippen MR) is 71.0 cm³/mol. The molecule has 1 saturated carbocycles. The van der Waals surface area contributed by atoms with Gasteiger partial charge in [0.25, 0.3) is 0 Å². The van der Waals surface area contributed by atoms with E-state index in [1.165, 1.54) is 17.4 Å². The zero-order valence-corrected chi connectivity index (χ0v) is 10.2. The van der Waals surface area contributed by atoms with E-state index in [-0.39, 0.29) is 0 Å². The van der Waals surface area contributed by atoms with Crippen molar-refractivity contribution in [2.75, 3.05) is 0 Å². The van der Waals surface area contributed by atoms with E-state index in [4.69, 9.17) is 5.73 Å². The number of aromatic nitrogens is 1. The Morgan fingerprint density at radius 3 is 2.82 bits per heavy atom. The van der Waals surface area contributed by atoms with Gasteiger partial charge in [0.15, 0.2) is 0 Å². The third-order valence-corrected chi connectivity index (χ3v) is 3.80. The van der Waals surface area contributed by atoms with Crippen LogP contribution in [0.2, 0.25) is 0 Å². The summed E-state index contributed by atoms with van der Waals surface area (Å²) in [6.07, 6.45) is 3.52. The molecule has 0 radical (unpaired) electrons. The first-order valence-electron chi connectivity index (χ1n) is 6.35. The van der Waals surface area contributed by atoms with Gasteiger partial charge in [0, 0.05) is 17.1 Å². The van der Waals surface area contributed by atoms with Gasteiger partial charge < -0.3 is 5.73 Å².